The first kappa shape index (κ1) is 13.1. The van der Waals surface area contributed by atoms with Crippen LogP contribution in [0.4, 0.5) is 5.82 Å². The molecule has 2 rings (SSSR count). The van der Waals surface area contributed by atoms with Crippen LogP contribution in [0.15, 0.2) is 24.3 Å². The molecule has 0 saturated carbocycles. The van der Waals surface area contributed by atoms with Crippen molar-refractivity contribution < 1.29 is 0 Å². The van der Waals surface area contributed by atoms with Gasteiger partial charge in [0.15, 0.2) is 0 Å². The molecule has 1 aromatic carbocycles. The number of aromatic nitrogens is 2. The summed E-state index contributed by atoms with van der Waals surface area (Å²) in [4.78, 5) is 8.42. The second-order valence-corrected chi connectivity index (χ2v) is 4.75. The van der Waals surface area contributed by atoms with Gasteiger partial charge in [0.2, 0.25) is 0 Å². The summed E-state index contributed by atoms with van der Waals surface area (Å²) < 4.78 is 0. The van der Waals surface area contributed by atoms with Crippen LogP contribution in [0.25, 0.3) is 0 Å². The number of nitrogens with zero attached hydrogens (tertiary/aromatic N) is 2. The first-order valence-corrected chi connectivity index (χ1v) is 6.31. The van der Waals surface area contributed by atoms with Gasteiger partial charge in [-0.15, -0.1) is 0 Å². The molecule has 5 heteroatoms. The Morgan fingerprint density at radius 2 is 1.83 bits per heavy atom. The predicted octanol–water partition coefficient (Wildman–Crippen LogP) is 4.01. The molecule has 0 amide bonds. The topological polar surface area (TPSA) is 37.8 Å². The smallest absolute Gasteiger partial charge is 0.137 e. The van der Waals surface area contributed by atoms with Crippen molar-refractivity contribution in [2.45, 2.75) is 20.4 Å². The van der Waals surface area contributed by atoms with Crippen molar-refractivity contribution in [3.8, 4) is 0 Å². The number of nitrogens with one attached hydrogen (secondary N) is 1. The summed E-state index contributed by atoms with van der Waals surface area (Å²) in [7, 11) is 0. The Hall–Kier alpha value is -1.32. The lowest BCUT2D eigenvalue weighted by molar-refractivity contribution is 1.00. The Morgan fingerprint density at radius 3 is 2.56 bits per heavy atom. The summed E-state index contributed by atoms with van der Waals surface area (Å²) >= 11 is 12.1. The molecule has 18 heavy (non-hydrogen) atoms. The maximum Gasteiger partial charge on any atom is 0.137 e. The van der Waals surface area contributed by atoms with E-state index in [1.54, 1.807) is 0 Å². The summed E-state index contributed by atoms with van der Waals surface area (Å²) in [6.45, 7) is 4.30. The van der Waals surface area contributed by atoms with E-state index in [0.29, 0.717) is 17.5 Å². The van der Waals surface area contributed by atoms with E-state index in [-0.39, 0.29) is 0 Å². The summed E-state index contributed by atoms with van der Waals surface area (Å²) in [5, 5.41) is 4.44. The molecule has 1 heterocycles. The van der Waals surface area contributed by atoms with Crippen LogP contribution in [-0.4, -0.2) is 9.97 Å². The number of hydrogen-bond donors (Lipinski definition) is 1. The van der Waals surface area contributed by atoms with Gasteiger partial charge < -0.3 is 5.32 Å². The maximum absolute atomic E-state index is 6.09. The molecule has 0 aliphatic heterocycles. The molecule has 0 fully saturated rings. The third-order valence-electron chi connectivity index (χ3n) is 2.60. The highest BCUT2D eigenvalue weighted by molar-refractivity contribution is 6.31. The van der Waals surface area contributed by atoms with Crippen molar-refractivity contribution in [2.75, 3.05) is 5.32 Å². The largest absolute Gasteiger partial charge is 0.366 e. The molecule has 1 aromatic heterocycles. The summed E-state index contributed by atoms with van der Waals surface area (Å²) in [5.74, 6) is 1.39. The van der Waals surface area contributed by atoms with Crippen molar-refractivity contribution >= 4 is 29.0 Å². The Bertz CT molecular complexity index is 570. The minimum Gasteiger partial charge on any atom is -0.366 e. The highest BCUT2D eigenvalue weighted by Crippen LogP contribution is 2.21. The van der Waals surface area contributed by atoms with Crippen LogP contribution in [-0.2, 0) is 6.54 Å². The van der Waals surface area contributed by atoms with E-state index in [0.717, 1.165) is 22.0 Å². The fourth-order valence-corrected chi connectivity index (χ4v) is 2.00. The van der Waals surface area contributed by atoms with Gasteiger partial charge in [-0.25, -0.2) is 9.97 Å². The fraction of sp³-hybridized carbons (Fsp3) is 0.231. The zero-order chi connectivity index (χ0) is 13.1. The van der Waals surface area contributed by atoms with Gasteiger partial charge in [0.25, 0.3) is 0 Å². The molecule has 0 bridgehead atoms. The van der Waals surface area contributed by atoms with Crippen LogP contribution in [0.1, 0.15) is 17.0 Å². The molecule has 1 N–H and O–H groups in total. The van der Waals surface area contributed by atoms with Gasteiger partial charge in [-0.05, 0) is 25.5 Å². The Balaban J connectivity index is 2.18. The van der Waals surface area contributed by atoms with Gasteiger partial charge in [0.05, 0.1) is 0 Å². The second kappa shape index (κ2) is 5.55. The standard InChI is InChI=1S/C13H13Cl2N3/c1-8-12(15)17-9(2)18-13(8)16-7-10-5-3-4-6-11(10)14/h3-6H,7H2,1-2H3,(H,16,17,18). The third kappa shape index (κ3) is 2.92. The number of rotatable bonds is 3. The minimum atomic E-state index is 0.476. The van der Waals surface area contributed by atoms with E-state index in [4.69, 9.17) is 23.2 Å². The lowest BCUT2D eigenvalue weighted by atomic mass is 10.2. The maximum atomic E-state index is 6.09. The molecule has 0 spiro atoms. The van der Waals surface area contributed by atoms with E-state index in [9.17, 15) is 0 Å². The van der Waals surface area contributed by atoms with Gasteiger partial charge in [0.1, 0.15) is 16.8 Å². The molecular weight excluding hydrogens is 269 g/mol. The first-order valence-electron chi connectivity index (χ1n) is 5.56. The average Bonchev–Trinajstić information content (AvgIpc) is 2.33. The van der Waals surface area contributed by atoms with Crippen LogP contribution >= 0.6 is 23.2 Å². The van der Waals surface area contributed by atoms with Crippen LogP contribution < -0.4 is 5.32 Å². The molecule has 0 aliphatic carbocycles. The van der Waals surface area contributed by atoms with Crippen LogP contribution in [0, 0.1) is 13.8 Å². The molecule has 0 saturated heterocycles. The minimum absolute atomic E-state index is 0.476. The SMILES string of the molecule is Cc1nc(Cl)c(C)c(NCc2ccccc2Cl)n1. The summed E-state index contributed by atoms with van der Waals surface area (Å²) in [6.07, 6.45) is 0. The Morgan fingerprint density at radius 1 is 1.11 bits per heavy atom. The molecule has 94 valence electrons. The van der Waals surface area contributed by atoms with Gasteiger partial charge in [0, 0.05) is 17.1 Å². The molecule has 0 atom stereocenters. The molecular formula is C13H13Cl2N3. The van der Waals surface area contributed by atoms with Crippen LogP contribution in [0.2, 0.25) is 10.2 Å². The number of anilines is 1. The van der Waals surface area contributed by atoms with Crippen molar-refractivity contribution in [3.63, 3.8) is 0 Å². The summed E-state index contributed by atoms with van der Waals surface area (Å²) in [6, 6.07) is 7.70. The van der Waals surface area contributed by atoms with E-state index in [2.05, 4.69) is 15.3 Å². The molecule has 0 aliphatic rings. The van der Waals surface area contributed by atoms with Crippen LogP contribution in [0.3, 0.4) is 0 Å². The predicted molar refractivity (Wildman–Crippen MR) is 75.3 cm³/mol. The number of halogens is 2. The van der Waals surface area contributed by atoms with E-state index >= 15 is 0 Å². The molecule has 2 aromatic rings. The zero-order valence-corrected chi connectivity index (χ0v) is 11.7. The normalized spacial score (nSPS) is 10.4. The number of hydrogen-bond acceptors (Lipinski definition) is 3. The molecule has 0 unspecified atom stereocenters. The fourth-order valence-electron chi connectivity index (χ4n) is 1.59. The lowest BCUT2D eigenvalue weighted by Crippen LogP contribution is -2.06. The monoisotopic (exact) mass is 281 g/mol. The number of benzene rings is 1. The zero-order valence-electron chi connectivity index (χ0n) is 10.2. The highest BCUT2D eigenvalue weighted by atomic mass is 35.5. The van der Waals surface area contributed by atoms with E-state index in [1.807, 2.05) is 38.1 Å². The van der Waals surface area contributed by atoms with E-state index < -0.39 is 0 Å². The van der Waals surface area contributed by atoms with Crippen molar-refractivity contribution in [3.05, 3.63) is 51.4 Å². The molecule has 0 radical (unpaired) electrons. The van der Waals surface area contributed by atoms with Crippen LogP contribution in [0.5, 0.6) is 0 Å². The Labute approximate surface area is 116 Å². The summed E-state index contributed by atoms with van der Waals surface area (Å²) in [5.41, 5.74) is 1.86. The average molecular weight is 282 g/mol. The van der Waals surface area contributed by atoms with Crippen molar-refractivity contribution in [1.82, 2.24) is 9.97 Å². The first-order chi connectivity index (χ1) is 8.58. The third-order valence-corrected chi connectivity index (χ3v) is 3.34. The number of aryl methyl sites for hydroxylation is 1. The van der Waals surface area contributed by atoms with Gasteiger partial charge in [-0.1, -0.05) is 41.4 Å². The second-order valence-electron chi connectivity index (χ2n) is 3.98. The van der Waals surface area contributed by atoms with Crippen molar-refractivity contribution in [1.29, 1.82) is 0 Å². The quantitative estimate of drug-likeness (QED) is 0.864. The van der Waals surface area contributed by atoms with Crippen molar-refractivity contribution in [2.24, 2.45) is 0 Å². The van der Waals surface area contributed by atoms with E-state index in [1.165, 1.54) is 0 Å². The Kier molecular flexibility index (Phi) is 4.04. The van der Waals surface area contributed by atoms with Gasteiger partial charge in [-0.3, -0.25) is 0 Å². The highest BCUT2D eigenvalue weighted by Gasteiger charge is 2.07. The lowest BCUT2D eigenvalue weighted by Gasteiger charge is -2.11. The molecule has 3 nitrogen and oxygen atoms in total. The van der Waals surface area contributed by atoms with Gasteiger partial charge in [-0.2, -0.15) is 0 Å². The van der Waals surface area contributed by atoms with Gasteiger partial charge >= 0.3 is 0 Å².